The summed E-state index contributed by atoms with van der Waals surface area (Å²) in [7, 11) is 0. The molecule has 4 aromatic heterocycles. The van der Waals surface area contributed by atoms with Crippen LogP contribution in [0.4, 0.5) is 43.2 Å². The molecular weight excluding hydrogens is 1840 g/mol. The molecule has 4 heterocycles. The van der Waals surface area contributed by atoms with Crippen LogP contribution in [0.2, 0.25) is 0 Å². The summed E-state index contributed by atoms with van der Waals surface area (Å²) >= 11 is 0. The summed E-state index contributed by atoms with van der Waals surface area (Å²) in [5.41, 5.74) is 24.0. The first-order valence-electron chi connectivity index (χ1n) is 48.1. The zero-order valence-corrected chi connectivity index (χ0v) is 80.3. The maximum atomic E-state index is 17.6. The zero-order chi connectivity index (χ0) is 101. The minimum Gasteiger partial charge on any atom is -0.871 e. The Bertz CT molecular complexity index is 9380. The summed E-state index contributed by atoms with van der Waals surface area (Å²) in [6, 6.07) is 141. The smallest absolute Gasteiger partial charge is 0.871 e. The summed E-state index contributed by atoms with van der Waals surface area (Å²) in [5, 5.41) is 59.4. The second kappa shape index (κ2) is 41.0. The number of allylic oxidation sites excluding steroid dienone is 11. The first-order chi connectivity index (χ1) is 73.4. The fourth-order valence-corrected chi connectivity index (χ4v) is 20.6. The number of nitrogens with zero attached hydrogens (tertiary/aromatic N) is 15. The van der Waals surface area contributed by atoms with E-state index in [-0.39, 0.29) is 110 Å². The molecule has 22 aromatic rings. The van der Waals surface area contributed by atoms with Crippen molar-refractivity contribution in [1.82, 2.24) is 34.9 Å². The van der Waals surface area contributed by atoms with Crippen molar-refractivity contribution in [2.24, 2.45) is 5.92 Å². The Morgan fingerprint density at radius 2 is 0.727 bits per heavy atom. The SMILES string of the molecule is Fc1cc(-c2ccccc2)cc(-c2ccccc2)c1N(C1=CC=C2C=CC3=C4C(=CC=C1C24)CC=C3N(c1ccccc1)c1c(F)cc(-c2ccccc2)cc1-c1ccccc1)c1ccccc1.[C-]#[N+]c1nc2c3nc(C#N)c(C#N)nc3c3nc(C#N)c(C#N)nc3c2nc1[N+]#[C-].[Li+].[O-]c1cccc2cccnc12.c1ccc2cc(-c3c4ccccc4c(-c4ccc(-c5cccc6ccccc56)cc4)c4ccccc34)ccc2c1. The van der Waals surface area contributed by atoms with Gasteiger partial charge in [0.05, 0.1) is 28.3 Å². The van der Waals surface area contributed by atoms with Crippen LogP contribution in [0.3, 0.4) is 0 Å². The molecule has 16 nitrogen and oxygen atoms in total. The number of para-hydroxylation sites is 3. The van der Waals surface area contributed by atoms with Gasteiger partial charge in [0.2, 0.25) is 11.0 Å². The Morgan fingerprint density at radius 3 is 1.22 bits per heavy atom. The van der Waals surface area contributed by atoms with Crippen LogP contribution in [0, 0.1) is 76.0 Å². The van der Waals surface area contributed by atoms with Gasteiger partial charge in [0.25, 0.3) is 11.6 Å². The van der Waals surface area contributed by atoms with Gasteiger partial charge in [0.1, 0.15) is 58.0 Å². The Hall–Kier alpha value is -20.6. The molecule has 4 aliphatic rings. The summed E-state index contributed by atoms with van der Waals surface area (Å²) in [6.45, 7) is 14.5. The Kier molecular flexibility index (Phi) is 25.8. The largest absolute Gasteiger partial charge is 1.00 e. The molecule has 150 heavy (non-hydrogen) atoms. The molecule has 1 atom stereocenters. The van der Waals surface area contributed by atoms with Gasteiger partial charge in [-0.15, -0.1) is 9.97 Å². The average molecular weight is 1920 g/mol. The standard InChI is InChI=1S/C64H44F2N2.C40H26.C18N12.C9H7NO.Li/c65-57-41-49(43-19-7-1-8-20-43)39-55(45-23-11-3-12-24-45)63(57)67(51-27-15-5-16-28-51)59-37-33-47-32-36-54-60(38-34-48-31-35-53(59)61(47)62(48)54)68(52-29-17-6-18-30-52)64-56(46-25-13-4-14-26-46)40-50(42-58(64)66)44-21-9-2-10-22-44;1-2-12-31-26-32(25-20-27(31)10-1)40-37-17-7-5-15-35(37)39(36-16-6-8-18-38(36)40)30-23-21-29(22-24-30)34-19-9-13-28-11-3-4-14-33(28)34;1-23-17-18(24-2)30-16-14-12(26-8(4-20)10(6-22)28-14)11-13(15(16)29-17)27-9(5-21)7(3-19)25-11;11-8-5-1-3-7-4-2-6-10-9(7)8;/h1-33,35-42,61H,34H2;1-26H;;1-6,11H;/q;;;;+1/p-1. The number of pyridine rings is 1. The van der Waals surface area contributed by atoms with Crippen molar-refractivity contribution >= 4 is 121 Å². The Balaban J connectivity index is 0.000000130. The van der Waals surface area contributed by atoms with Gasteiger partial charge in [-0.3, -0.25) is 4.98 Å². The molecule has 0 spiro atoms. The quantitative estimate of drug-likeness (QED) is 0.0453. The van der Waals surface area contributed by atoms with Gasteiger partial charge in [-0.2, -0.15) is 21.0 Å². The van der Waals surface area contributed by atoms with Gasteiger partial charge < -0.3 is 24.6 Å². The summed E-state index contributed by atoms with van der Waals surface area (Å²) in [4.78, 5) is 39.3. The van der Waals surface area contributed by atoms with E-state index in [2.05, 4.69) is 315 Å². The number of nitriles is 4. The van der Waals surface area contributed by atoms with Crippen LogP contribution in [-0.4, -0.2) is 34.9 Å². The van der Waals surface area contributed by atoms with E-state index >= 15 is 8.78 Å². The maximum absolute atomic E-state index is 17.6. The number of aromatic nitrogens is 7. The normalized spacial score (nSPS) is 12.9. The van der Waals surface area contributed by atoms with Crippen molar-refractivity contribution in [2.75, 3.05) is 9.80 Å². The van der Waals surface area contributed by atoms with Crippen LogP contribution in [0.15, 0.2) is 482 Å². The molecule has 18 aromatic carbocycles. The van der Waals surface area contributed by atoms with E-state index in [1.807, 2.05) is 152 Å². The molecule has 26 rings (SSSR count). The summed E-state index contributed by atoms with van der Waals surface area (Å²) < 4.78 is 35.2. The monoisotopic (exact) mass is 1920 g/mol. The van der Waals surface area contributed by atoms with E-state index in [1.165, 1.54) is 93.7 Å². The molecule has 0 aliphatic heterocycles. The van der Waals surface area contributed by atoms with Crippen molar-refractivity contribution in [3.8, 4) is 108 Å². The topological polar surface area (TPSA) is 224 Å². The molecule has 696 valence electrons. The third-order valence-electron chi connectivity index (χ3n) is 27.3. The molecule has 0 fully saturated rings. The second-order valence-corrected chi connectivity index (χ2v) is 35.7. The molecule has 4 aliphatic carbocycles. The Labute approximate surface area is 873 Å². The molecule has 0 radical (unpaired) electrons. The Morgan fingerprint density at radius 1 is 0.327 bits per heavy atom. The summed E-state index contributed by atoms with van der Waals surface area (Å²) in [5.74, 6) is -1.41. The van der Waals surface area contributed by atoms with Crippen molar-refractivity contribution in [2.45, 2.75) is 6.42 Å². The van der Waals surface area contributed by atoms with Gasteiger partial charge >= 0.3 is 18.9 Å². The first-order valence-corrected chi connectivity index (χ1v) is 48.1. The van der Waals surface area contributed by atoms with Crippen LogP contribution in [0.5, 0.6) is 5.75 Å². The minimum atomic E-state index is -0.322. The van der Waals surface area contributed by atoms with Crippen molar-refractivity contribution < 1.29 is 32.7 Å². The molecule has 0 amide bonds. The van der Waals surface area contributed by atoms with Gasteiger partial charge in [-0.1, -0.05) is 389 Å². The third-order valence-corrected chi connectivity index (χ3v) is 27.3. The van der Waals surface area contributed by atoms with Gasteiger partial charge in [-0.25, -0.2) is 28.7 Å². The molecular formula is C131H76F2LiN15O. The van der Waals surface area contributed by atoms with Crippen molar-refractivity contribution in [1.29, 1.82) is 21.0 Å². The number of hydrogen-bond donors (Lipinski definition) is 0. The molecule has 0 saturated heterocycles. The maximum Gasteiger partial charge on any atom is 1.00 e. The molecule has 0 saturated carbocycles. The fourth-order valence-electron chi connectivity index (χ4n) is 20.6. The van der Waals surface area contributed by atoms with Crippen LogP contribution in [0.1, 0.15) is 29.2 Å². The van der Waals surface area contributed by atoms with Gasteiger partial charge in [-0.05, 0) is 211 Å². The number of anilines is 4. The molecule has 0 N–H and O–H groups in total. The van der Waals surface area contributed by atoms with E-state index in [0.29, 0.717) is 23.3 Å². The molecule has 1 unspecified atom stereocenters. The molecule has 0 bridgehead atoms. The van der Waals surface area contributed by atoms with E-state index in [9.17, 15) is 26.2 Å². The van der Waals surface area contributed by atoms with E-state index in [1.54, 1.807) is 48.7 Å². The van der Waals surface area contributed by atoms with Crippen LogP contribution >= 0.6 is 0 Å². The summed E-state index contributed by atoms with van der Waals surface area (Å²) in [6.07, 6.45) is 17.7. The van der Waals surface area contributed by atoms with Crippen molar-refractivity contribution in [3.63, 3.8) is 0 Å². The first kappa shape index (κ1) is 94.3. The number of halogens is 2. The van der Waals surface area contributed by atoms with Crippen molar-refractivity contribution in [3.05, 3.63) is 540 Å². The van der Waals surface area contributed by atoms with Crippen LogP contribution in [-0.2, 0) is 0 Å². The van der Waals surface area contributed by atoms with E-state index in [4.69, 9.17) is 13.1 Å². The average Bonchev–Trinajstić information content (AvgIpc) is 0.684. The fraction of sp³-hybridized carbons (Fsp3) is 0.0153. The number of rotatable bonds is 13. The van der Waals surface area contributed by atoms with Crippen LogP contribution < -0.4 is 33.8 Å². The predicted octanol–water partition coefficient (Wildman–Crippen LogP) is 28.8. The minimum absolute atomic E-state index is 0. The number of hydrogen-bond acceptors (Lipinski definition) is 14. The van der Waals surface area contributed by atoms with E-state index in [0.717, 1.165) is 89.4 Å². The van der Waals surface area contributed by atoms with E-state index < -0.39 is 0 Å². The van der Waals surface area contributed by atoms with Gasteiger partial charge in [0, 0.05) is 40.2 Å². The number of fused-ring (bicyclic) bond motifs is 11. The number of benzene rings is 18. The van der Waals surface area contributed by atoms with Gasteiger partial charge in [0.15, 0.2) is 22.8 Å². The molecule has 19 heteroatoms. The second-order valence-electron chi connectivity index (χ2n) is 35.7. The van der Waals surface area contributed by atoms with Crippen LogP contribution in [0.25, 0.3) is 175 Å². The third kappa shape index (κ3) is 17.5. The zero-order valence-electron chi connectivity index (χ0n) is 80.3. The predicted molar refractivity (Wildman–Crippen MR) is 587 cm³/mol.